The Kier molecular flexibility index (Phi) is 4.59. The highest BCUT2D eigenvalue weighted by molar-refractivity contribution is 9.10. The van der Waals surface area contributed by atoms with Gasteiger partial charge in [-0.2, -0.15) is 0 Å². The minimum atomic E-state index is -0.0835. The molecule has 26 heavy (non-hydrogen) atoms. The van der Waals surface area contributed by atoms with Gasteiger partial charge >= 0.3 is 0 Å². The number of hydrogen-bond acceptors (Lipinski definition) is 3. The minimum Gasteiger partial charge on any atom is -0.486 e. The molecule has 0 bridgehead atoms. The van der Waals surface area contributed by atoms with Gasteiger partial charge in [-0.3, -0.25) is 4.79 Å². The lowest BCUT2D eigenvalue weighted by Crippen LogP contribution is -2.40. The van der Waals surface area contributed by atoms with Gasteiger partial charge in [0.25, 0.3) is 5.91 Å². The van der Waals surface area contributed by atoms with Crippen molar-refractivity contribution in [3.63, 3.8) is 0 Å². The van der Waals surface area contributed by atoms with Crippen LogP contribution in [0.25, 0.3) is 0 Å². The molecule has 1 atom stereocenters. The van der Waals surface area contributed by atoms with E-state index < -0.39 is 0 Å². The van der Waals surface area contributed by atoms with Gasteiger partial charge < -0.3 is 18.6 Å². The number of amides is 1. The summed E-state index contributed by atoms with van der Waals surface area (Å²) in [5.74, 6) is 1.65. The van der Waals surface area contributed by atoms with Crippen LogP contribution in [-0.2, 0) is 13.2 Å². The summed E-state index contributed by atoms with van der Waals surface area (Å²) >= 11 is 3.39. The van der Waals surface area contributed by atoms with Gasteiger partial charge in [-0.05, 0) is 55.5 Å². The number of furan rings is 1. The molecular formula is C20H19BrN2O3. The van der Waals surface area contributed by atoms with Crippen molar-refractivity contribution in [3.05, 3.63) is 76.4 Å². The van der Waals surface area contributed by atoms with E-state index in [1.807, 2.05) is 42.2 Å². The Hall–Kier alpha value is -2.47. The van der Waals surface area contributed by atoms with Crippen molar-refractivity contribution in [2.75, 3.05) is 6.54 Å². The maximum Gasteiger partial charge on any atom is 0.290 e. The van der Waals surface area contributed by atoms with Crippen LogP contribution in [0.1, 0.15) is 35.0 Å². The smallest absolute Gasteiger partial charge is 0.290 e. The van der Waals surface area contributed by atoms with Crippen molar-refractivity contribution >= 4 is 21.8 Å². The highest BCUT2D eigenvalue weighted by Gasteiger charge is 2.29. The zero-order valence-electron chi connectivity index (χ0n) is 14.4. The number of aromatic nitrogens is 1. The lowest BCUT2D eigenvalue weighted by atomic mass is 10.1. The molecule has 6 heteroatoms. The summed E-state index contributed by atoms with van der Waals surface area (Å²) in [6.07, 6.45) is 2.05. The molecule has 2 aromatic heterocycles. The quantitative estimate of drug-likeness (QED) is 0.624. The van der Waals surface area contributed by atoms with Gasteiger partial charge in [0.15, 0.2) is 5.76 Å². The first-order valence-electron chi connectivity index (χ1n) is 8.55. The number of nitrogens with zero attached hydrogens (tertiary/aromatic N) is 2. The van der Waals surface area contributed by atoms with Crippen LogP contribution in [0, 0.1) is 0 Å². The summed E-state index contributed by atoms with van der Waals surface area (Å²) in [6.45, 7) is 3.81. The second-order valence-corrected chi connectivity index (χ2v) is 7.23. The van der Waals surface area contributed by atoms with Crippen LogP contribution in [0.4, 0.5) is 0 Å². The lowest BCUT2D eigenvalue weighted by Gasteiger charge is -2.34. The number of carbonyl (C=O) groups excluding carboxylic acids is 1. The van der Waals surface area contributed by atoms with E-state index in [0.29, 0.717) is 18.1 Å². The Morgan fingerprint density at radius 1 is 1.19 bits per heavy atom. The average Bonchev–Trinajstić information content (AvgIpc) is 3.31. The molecule has 1 amide bonds. The van der Waals surface area contributed by atoms with Crippen LogP contribution >= 0.6 is 15.9 Å². The highest BCUT2D eigenvalue weighted by atomic mass is 79.9. The van der Waals surface area contributed by atoms with E-state index in [4.69, 9.17) is 9.15 Å². The van der Waals surface area contributed by atoms with Crippen LogP contribution in [-0.4, -0.2) is 21.9 Å². The average molecular weight is 415 g/mol. The fourth-order valence-corrected chi connectivity index (χ4v) is 3.52. The molecule has 0 fully saturated rings. The van der Waals surface area contributed by atoms with Gasteiger partial charge in [-0.25, -0.2) is 0 Å². The second-order valence-electron chi connectivity index (χ2n) is 6.31. The van der Waals surface area contributed by atoms with Crippen LogP contribution in [0.15, 0.2) is 63.6 Å². The molecule has 0 N–H and O–H groups in total. The Morgan fingerprint density at radius 2 is 2.00 bits per heavy atom. The fourth-order valence-electron chi connectivity index (χ4n) is 3.25. The SMILES string of the molecule is CC1c2cccn2CCN1C(=O)c1ccc(COc2ccc(Br)cc2)o1. The van der Waals surface area contributed by atoms with E-state index in [1.54, 1.807) is 12.1 Å². The zero-order chi connectivity index (χ0) is 18.1. The minimum absolute atomic E-state index is 0.0267. The summed E-state index contributed by atoms with van der Waals surface area (Å²) < 4.78 is 14.6. The molecule has 0 spiro atoms. The third-order valence-corrected chi connectivity index (χ3v) is 5.20. The van der Waals surface area contributed by atoms with E-state index in [0.717, 1.165) is 22.5 Å². The van der Waals surface area contributed by atoms with E-state index in [-0.39, 0.29) is 18.6 Å². The van der Waals surface area contributed by atoms with Gasteiger partial charge in [-0.1, -0.05) is 15.9 Å². The lowest BCUT2D eigenvalue weighted by molar-refractivity contribution is 0.0607. The molecule has 0 aliphatic carbocycles. The van der Waals surface area contributed by atoms with E-state index in [1.165, 1.54) is 0 Å². The molecular weight excluding hydrogens is 396 g/mol. The number of rotatable bonds is 4. The van der Waals surface area contributed by atoms with Crippen molar-refractivity contribution in [2.45, 2.75) is 26.1 Å². The van der Waals surface area contributed by atoms with Crippen LogP contribution < -0.4 is 4.74 Å². The molecule has 1 unspecified atom stereocenters. The third-order valence-electron chi connectivity index (χ3n) is 4.67. The number of hydrogen-bond donors (Lipinski definition) is 0. The summed E-state index contributed by atoms with van der Waals surface area (Å²) in [5, 5.41) is 0. The Labute approximate surface area is 160 Å². The number of ether oxygens (including phenoxy) is 1. The predicted molar refractivity (Wildman–Crippen MR) is 101 cm³/mol. The first-order valence-corrected chi connectivity index (χ1v) is 9.34. The molecule has 0 saturated carbocycles. The number of carbonyl (C=O) groups is 1. The van der Waals surface area contributed by atoms with Crippen LogP contribution in [0.5, 0.6) is 5.75 Å². The van der Waals surface area contributed by atoms with Crippen LogP contribution in [0.3, 0.4) is 0 Å². The predicted octanol–water partition coefficient (Wildman–Crippen LogP) is 4.64. The Balaban J connectivity index is 1.42. The van der Waals surface area contributed by atoms with Crippen molar-refractivity contribution in [1.82, 2.24) is 9.47 Å². The molecule has 134 valence electrons. The number of benzene rings is 1. The number of fused-ring (bicyclic) bond motifs is 1. The van der Waals surface area contributed by atoms with Crippen molar-refractivity contribution in [2.24, 2.45) is 0 Å². The molecule has 3 heterocycles. The van der Waals surface area contributed by atoms with Crippen LogP contribution in [0.2, 0.25) is 0 Å². The fraction of sp³-hybridized carbons (Fsp3) is 0.250. The van der Waals surface area contributed by atoms with Gasteiger partial charge in [0.2, 0.25) is 0 Å². The zero-order valence-corrected chi connectivity index (χ0v) is 16.0. The standard InChI is InChI=1S/C20H19BrN2O3/c1-14-18-3-2-10-22(18)11-12-23(14)20(24)19-9-8-17(26-19)13-25-16-6-4-15(21)5-7-16/h2-10,14H,11-13H2,1H3. The molecule has 4 rings (SSSR count). The van der Waals surface area contributed by atoms with Crippen molar-refractivity contribution in [1.29, 1.82) is 0 Å². The molecule has 0 saturated heterocycles. The van der Waals surface area contributed by atoms with Crippen molar-refractivity contribution < 1.29 is 13.9 Å². The Morgan fingerprint density at radius 3 is 2.81 bits per heavy atom. The third kappa shape index (κ3) is 3.29. The molecule has 3 aromatic rings. The normalized spacial score (nSPS) is 16.4. The van der Waals surface area contributed by atoms with E-state index in [2.05, 4.69) is 32.8 Å². The first kappa shape index (κ1) is 17.0. The Bertz CT molecular complexity index is 913. The van der Waals surface area contributed by atoms with E-state index >= 15 is 0 Å². The van der Waals surface area contributed by atoms with Crippen molar-refractivity contribution in [3.8, 4) is 5.75 Å². The molecule has 1 aliphatic rings. The topological polar surface area (TPSA) is 47.6 Å². The molecule has 0 radical (unpaired) electrons. The summed E-state index contributed by atoms with van der Waals surface area (Å²) in [5.41, 5.74) is 1.15. The van der Waals surface area contributed by atoms with Gasteiger partial charge in [0.1, 0.15) is 18.1 Å². The largest absolute Gasteiger partial charge is 0.486 e. The second kappa shape index (κ2) is 7.03. The van der Waals surface area contributed by atoms with Gasteiger partial charge in [0.05, 0.1) is 6.04 Å². The summed E-state index contributed by atoms with van der Waals surface area (Å²) in [4.78, 5) is 14.7. The maximum absolute atomic E-state index is 12.8. The van der Waals surface area contributed by atoms with E-state index in [9.17, 15) is 4.79 Å². The van der Waals surface area contributed by atoms with Gasteiger partial charge in [-0.15, -0.1) is 0 Å². The van der Waals surface area contributed by atoms with Gasteiger partial charge in [0, 0.05) is 29.5 Å². The molecule has 1 aliphatic heterocycles. The maximum atomic E-state index is 12.8. The summed E-state index contributed by atoms with van der Waals surface area (Å²) in [7, 11) is 0. The highest BCUT2D eigenvalue weighted by Crippen LogP contribution is 2.27. The molecule has 1 aromatic carbocycles. The number of halogens is 1. The summed E-state index contributed by atoms with van der Waals surface area (Å²) in [6, 6.07) is 15.2. The first-order chi connectivity index (χ1) is 12.6. The monoisotopic (exact) mass is 414 g/mol. The molecule has 5 nitrogen and oxygen atoms in total.